The van der Waals surface area contributed by atoms with E-state index in [9.17, 15) is 10.2 Å². The molecule has 2 saturated carbocycles. The molecule has 8 unspecified atom stereocenters. The second kappa shape index (κ2) is 6.96. The Labute approximate surface area is 171 Å². The lowest BCUT2D eigenvalue weighted by molar-refractivity contribution is -0.0946. The van der Waals surface area contributed by atoms with Crippen molar-refractivity contribution in [1.82, 2.24) is 0 Å². The summed E-state index contributed by atoms with van der Waals surface area (Å²) in [6.45, 7) is 11.3. The zero-order valence-corrected chi connectivity index (χ0v) is 18.5. The Morgan fingerprint density at radius 3 is 2.68 bits per heavy atom. The van der Waals surface area contributed by atoms with Gasteiger partial charge in [0.1, 0.15) is 0 Å². The van der Waals surface area contributed by atoms with Crippen molar-refractivity contribution in [3.63, 3.8) is 0 Å². The molecular weight excluding hydrogens is 348 g/mol. The zero-order valence-electron chi connectivity index (χ0n) is 18.5. The molecule has 4 rings (SSSR count). The van der Waals surface area contributed by atoms with Crippen LogP contribution in [0.1, 0.15) is 79.6 Å². The summed E-state index contributed by atoms with van der Waals surface area (Å²) in [5.41, 5.74) is 2.02. The van der Waals surface area contributed by atoms with Crippen LogP contribution in [0.2, 0.25) is 0 Å². The van der Waals surface area contributed by atoms with Crippen molar-refractivity contribution < 1.29 is 14.9 Å². The van der Waals surface area contributed by atoms with Crippen molar-refractivity contribution >= 4 is 0 Å². The second-order valence-corrected chi connectivity index (χ2v) is 11.2. The number of allylic oxidation sites excluding steroid dienone is 2. The number of hydrogen-bond acceptors (Lipinski definition) is 3. The Bertz CT molecular complexity index is 673. The molecular formula is C25H40O3. The highest BCUT2D eigenvalue weighted by Gasteiger charge is 2.62. The third-order valence-corrected chi connectivity index (χ3v) is 9.03. The maximum atomic E-state index is 11.2. The highest BCUT2D eigenvalue weighted by Crippen LogP contribution is 2.64. The summed E-state index contributed by atoms with van der Waals surface area (Å²) in [5, 5.41) is 21.2. The molecule has 3 nitrogen and oxygen atoms in total. The molecule has 0 bridgehead atoms. The van der Waals surface area contributed by atoms with E-state index < -0.39 is 5.60 Å². The van der Waals surface area contributed by atoms with E-state index in [0.717, 1.165) is 38.5 Å². The van der Waals surface area contributed by atoms with E-state index in [4.69, 9.17) is 4.74 Å². The summed E-state index contributed by atoms with van der Waals surface area (Å²) in [7, 11) is 0. The highest BCUT2D eigenvalue weighted by molar-refractivity contribution is 5.22. The molecule has 3 aliphatic carbocycles. The highest BCUT2D eigenvalue weighted by atomic mass is 16.5. The van der Waals surface area contributed by atoms with Crippen LogP contribution in [0, 0.1) is 29.1 Å². The topological polar surface area (TPSA) is 49.7 Å². The smallest absolute Gasteiger partial charge is 0.0769 e. The van der Waals surface area contributed by atoms with Crippen LogP contribution >= 0.6 is 0 Å². The molecule has 0 aromatic rings. The van der Waals surface area contributed by atoms with Gasteiger partial charge in [0.2, 0.25) is 0 Å². The Kier molecular flexibility index (Phi) is 5.13. The van der Waals surface area contributed by atoms with Crippen LogP contribution in [0.4, 0.5) is 0 Å². The van der Waals surface area contributed by atoms with Crippen molar-refractivity contribution in [3.8, 4) is 0 Å². The minimum atomic E-state index is -0.619. The molecule has 0 amide bonds. The van der Waals surface area contributed by atoms with Gasteiger partial charge < -0.3 is 14.9 Å². The molecule has 3 fully saturated rings. The Balaban J connectivity index is 1.70. The number of aliphatic hydroxyl groups is 2. The van der Waals surface area contributed by atoms with Gasteiger partial charge in [-0.05, 0) is 100 Å². The van der Waals surface area contributed by atoms with E-state index in [1.54, 1.807) is 0 Å². The average Bonchev–Trinajstić information content (AvgIpc) is 3.15. The first-order valence-corrected chi connectivity index (χ1v) is 11.5. The van der Waals surface area contributed by atoms with Crippen molar-refractivity contribution in [3.05, 3.63) is 23.3 Å². The van der Waals surface area contributed by atoms with E-state index in [0.29, 0.717) is 17.8 Å². The Hall–Kier alpha value is -0.640. The molecule has 1 spiro atoms. The first kappa shape index (κ1) is 20.6. The molecule has 2 N–H and O–H groups in total. The molecule has 0 aromatic carbocycles. The van der Waals surface area contributed by atoms with Gasteiger partial charge in [0, 0.05) is 0 Å². The molecule has 1 saturated heterocycles. The maximum Gasteiger partial charge on any atom is 0.0769 e. The molecule has 158 valence electrons. The molecule has 0 radical (unpaired) electrons. The molecule has 3 heteroatoms. The largest absolute Gasteiger partial charge is 0.392 e. The van der Waals surface area contributed by atoms with Crippen LogP contribution in [0.25, 0.3) is 0 Å². The summed E-state index contributed by atoms with van der Waals surface area (Å²) >= 11 is 0. The molecule has 0 aromatic heterocycles. The van der Waals surface area contributed by atoms with E-state index in [1.165, 1.54) is 17.6 Å². The van der Waals surface area contributed by atoms with Crippen LogP contribution in [0.15, 0.2) is 23.3 Å². The lowest BCUT2D eigenvalue weighted by atomic mass is 9.62. The SMILES string of the molecule is CC(C)=CC1CC(C)C2(CCC3(C)CC4C(CCC4(C)O)C(CO)=CCC32)O1. The fraction of sp³-hybridized carbons (Fsp3) is 0.840. The maximum absolute atomic E-state index is 11.2. The first-order valence-electron chi connectivity index (χ1n) is 11.5. The van der Waals surface area contributed by atoms with Crippen LogP contribution in [-0.2, 0) is 4.74 Å². The number of hydrogen-bond donors (Lipinski definition) is 2. The second-order valence-electron chi connectivity index (χ2n) is 11.2. The average molecular weight is 389 g/mol. The summed E-state index contributed by atoms with van der Waals surface area (Å²) < 4.78 is 6.87. The summed E-state index contributed by atoms with van der Waals surface area (Å²) in [5.74, 6) is 1.60. The number of rotatable bonds is 2. The summed E-state index contributed by atoms with van der Waals surface area (Å²) in [6, 6.07) is 0. The van der Waals surface area contributed by atoms with Crippen LogP contribution in [0.5, 0.6) is 0 Å². The molecule has 4 aliphatic rings. The van der Waals surface area contributed by atoms with E-state index in [-0.39, 0.29) is 29.6 Å². The first-order chi connectivity index (χ1) is 13.1. The lowest BCUT2D eigenvalue weighted by Crippen LogP contribution is -2.46. The summed E-state index contributed by atoms with van der Waals surface area (Å²) in [4.78, 5) is 0. The molecule has 1 aliphatic heterocycles. The van der Waals surface area contributed by atoms with Crippen LogP contribution in [0.3, 0.4) is 0 Å². The predicted octanol–water partition coefficient (Wildman–Crippen LogP) is 5.02. The van der Waals surface area contributed by atoms with Crippen molar-refractivity contribution in [2.24, 2.45) is 29.1 Å². The van der Waals surface area contributed by atoms with E-state index in [2.05, 4.69) is 39.8 Å². The summed E-state index contributed by atoms with van der Waals surface area (Å²) in [6.07, 6.45) is 12.2. The van der Waals surface area contributed by atoms with Gasteiger partial charge in [0.05, 0.1) is 23.9 Å². The third kappa shape index (κ3) is 3.13. The van der Waals surface area contributed by atoms with Gasteiger partial charge >= 0.3 is 0 Å². The zero-order chi connectivity index (χ0) is 20.3. The van der Waals surface area contributed by atoms with Crippen molar-refractivity contribution in [2.45, 2.75) is 96.9 Å². The minimum Gasteiger partial charge on any atom is -0.392 e. The quantitative estimate of drug-likeness (QED) is 0.653. The Morgan fingerprint density at radius 2 is 2.00 bits per heavy atom. The van der Waals surface area contributed by atoms with Gasteiger partial charge in [-0.1, -0.05) is 31.6 Å². The fourth-order valence-electron chi connectivity index (χ4n) is 7.52. The van der Waals surface area contributed by atoms with Gasteiger partial charge in [0.25, 0.3) is 0 Å². The third-order valence-electron chi connectivity index (χ3n) is 9.03. The number of fused-ring (bicyclic) bond motifs is 3. The standard InChI is InChI=1S/C25H40O3/c1-16(2)12-19-13-17(3)25(28-19)11-10-23(4)14-21-20(8-9-24(21,5)27)18(15-26)6-7-22(23)25/h6,12,17,19-22,26-27H,7-11,13-15H2,1-5H3. The van der Waals surface area contributed by atoms with Gasteiger partial charge in [-0.15, -0.1) is 0 Å². The molecule has 8 atom stereocenters. The van der Waals surface area contributed by atoms with E-state index >= 15 is 0 Å². The van der Waals surface area contributed by atoms with Crippen molar-refractivity contribution in [2.75, 3.05) is 6.61 Å². The van der Waals surface area contributed by atoms with Crippen LogP contribution < -0.4 is 0 Å². The normalized spacial score (nSPS) is 50.7. The molecule has 1 heterocycles. The van der Waals surface area contributed by atoms with Gasteiger partial charge in [-0.25, -0.2) is 0 Å². The number of aliphatic hydroxyl groups excluding tert-OH is 1. The predicted molar refractivity (Wildman–Crippen MR) is 113 cm³/mol. The van der Waals surface area contributed by atoms with Crippen molar-refractivity contribution in [1.29, 1.82) is 0 Å². The van der Waals surface area contributed by atoms with Crippen LogP contribution in [-0.4, -0.2) is 34.1 Å². The van der Waals surface area contributed by atoms with E-state index in [1.807, 2.05) is 6.92 Å². The minimum absolute atomic E-state index is 0.0558. The van der Waals surface area contributed by atoms with Gasteiger partial charge in [-0.2, -0.15) is 0 Å². The lowest BCUT2D eigenvalue weighted by Gasteiger charge is -2.46. The number of ether oxygens (including phenoxy) is 1. The molecule has 28 heavy (non-hydrogen) atoms. The van der Waals surface area contributed by atoms with Gasteiger partial charge in [0.15, 0.2) is 0 Å². The van der Waals surface area contributed by atoms with Gasteiger partial charge in [-0.3, -0.25) is 0 Å². The fourth-order valence-corrected chi connectivity index (χ4v) is 7.52. The monoisotopic (exact) mass is 388 g/mol. The Morgan fingerprint density at radius 1 is 1.25 bits per heavy atom.